The van der Waals surface area contributed by atoms with Crippen LogP contribution in [0.15, 0.2) is 36.4 Å². The van der Waals surface area contributed by atoms with Gasteiger partial charge in [-0.1, -0.05) is 31.5 Å². The number of benzene rings is 1. The van der Waals surface area contributed by atoms with E-state index in [1.54, 1.807) is 0 Å². The molecule has 3 rings (SSSR count). The number of rotatable bonds is 4. The fraction of sp³-hybridized carbons (Fsp3) is 0.471. The molecule has 1 fully saturated rings. The topological polar surface area (TPSA) is 19.4 Å². The van der Waals surface area contributed by atoms with Gasteiger partial charge >= 0.3 is 0 Å². The Morgan fingerprint density at radius 2 is 1.80 bits per heavy atom. The van der Waals surface area contributed by atoms with Crippen molar-refractivity contribution >= 4 is 16.7 Å². The fourth-order valence-electron chi connectivity index (χ4n) is 2.81. The van der Waals surface area contributed by atoms with E-state index in [0.29, 0.717) is 0 Å². The molecule has 1 aromatic heterocycles. The zero-order valence-corrected chi connectivity index (χ0v) is 12.3. The average molecular weight is 269 g/mol. The molecule has 106 valence electrons. The van der Waals surface area contributed by atoms with Crippen LogP contribution < -0.4 is 4.90 Å². The van der Waals surface area contributed by atoms with Gasteiger partial charge in [-0.25, -0.2) is 4.98 Å². The lowest BCUT2D eigenvalue weighted by atomic mass is 10.2. The summed E-state index contributed by atoms with van der Waals surface area (Å²) in [5.74, 6) is 1.12. The van der Waals surface area contributed by atoms with Crippen molar-refractivity contribution in [1.29, 1.82) is 0 Å². The average Bonchev–Trinajstić information content (AvgIpc) is 2.53. The Kier molecular flexibility index (Phi) is 4.16. The molecule has 1 aromatic carbocycles. The summed E-state index contributed by atoms with van der Waals surface area (Å²) in [4.78, 5) is 9.78. The van der Waals surface area contributed by atoms with E-state index >= 15 is 0 Å². The number of pyridine rings is 1. The quantitative estimate of drug-likeness (QED) is 0.850. The van der Waals surface area contributed by atoms with E-state index in [2.05, 4.69) is 53.1 Å². The highest BCUT2D eigenvalue weighted by molar-refractivity contribution is 5.80. The van der Waals surface area contributed by atoms with E-state index < -0.39 is 0 Å². The predicted octanol–water partition coefficient (Wildman–Crippen LogP) is 3.16. The zero-order valence-electron chi connectivity index (χ0n) is 12.3. The SMILES string of the molecule is CCCCN1CCN(c2ccc3ccccc3n2)CC1. The predicted molar refractivity (Wildman–Crippen MR) is 85.3 cm³/mol. The third kappa shape index (κ3) is 2.93. The van der Waals surface area contributed by atoms with Crippen LogP contribution in [0.1, 0.15) is 19.8 Å². The minimum absolute atomic E-state index is 1.09. The van der Waals surface area contributed by atoms with E-state index in [1.807, 2.05) is 0 Å². The van der Waals surface area contributed by atoms with Crippen LogP contribution in [0.2, 0.25) is 0 Å². The molecule has 2 heterocycles. The van der Waals surface area contributed by atoms with Crippen LogP contribution in [0.3, 0.4) is 0 Å². The van der Waals surface area contributed by atoms with Crippen molar-refractivity contribution in [3.8, 4) is 0 Å². The summed E-state index contributed by atoms with van der Waals surface area (Å²) in [5, 5.41) is 1.22. The highest BCUT2D eigenvalue weighted by Crippen LogP contribution is 2.19. The van der Waals surface area contributed by atoms with Crippen molar-refractivity contribution in [3.05, 3.63) is 36.4 Å². The van der Waals surface area contributed by atoms with E-state index in [1.165, 1.54) is 24.8 Å². The van der Waals surface area contributed by atoms with Crippen molar-refractivity contribution in [2.24, 2.45) is 0 Å². The van der Waals surface area contributed by atoms with Crippen molar-refractivity contribution < 1.29 is 0 Å². The molecule has 0 saturated carbocycles. The Balaban J connectivity index is 1.67. The Labute approximate surface area is 121 Å². The number of piperazine rings is 1. The van der Waals surface area contributed by atoms with Gasteiger partial charge in [-0.2, -0.15) is 0 Å². The minimum atomic E-state index is 1.09. The molecule has 0 bridgehead atoms. The van der Waals surface area contributed by atoms with Gasteiger partial charge in [-0.15, -0.1) is 0 Å². The molecule has 0 spiro atoms. The van der Waals surface area contributed by atoms with Crippen LogP contribution in [-0.4, -0.2) is 42.6 Å². The van der Waals surface area contributed by atoms with Gasteiger partial charge in [0.1, 0.15) is 5.82 Å². The maximum Gasteiger partial charge on any atom is 0.129 e. The van der Waals surface area contributed by atoms with Gasteiger partial charge in [0.05, 0.1) is 5.52 Å². The standard InChI is InChI=1S/C17H23N3/c1-2-3-10-19-11-13-20(14-12-19)17-9-8-15-6-4-5-7-16(15)18-17/h4-9H,2-3,10-14H2,1H3. The normalized spacial score (nSPS) is 16.8. The van der Waals surface area contributed by atoms with E-state index in [-0.39, 0.29) is 0 Å². The van der Waals surface area contributed by atoms with Crippen LogP contribution in [0.5, 0.6) is 0 Å². The molecule has 1 saturated heterocycles. The smallest absolute Gasteiger partial charge is 0.129 e. The molecule has 3 nitrogen and oxygen atoms in total. The number of anilines is 1. The Morgan fingerprint density at radius 1 is 1.00 bits per heavy atom. The monoisotopic (exact) mass is 269 g/mol. The first-order valence-electron chi connectivity index (χ1n) is 7.70. The zero-order chi connectivity index (χ0) is 13.8. The molecule has 0 radical (unpaired) electrons. The Morgan fingerprint density at radius 3 is 2.60 bits per heavy atom. The van der Waals surface area contributed by atoms with Crippen LogP contribution >= 0.6 is 0 Å². The highest BCUT2D eigenvalue weighted by Gasteiger charge is 2.17. The summed E-state index contributed by atoms with van der Waals surface area (Å²) in [5.41, 5.74) is 1.10. The number of nitrogens with zero attached hydrogens (tertiary/aromatic N) is 3. The number of hydrogen-bond acceptors (Lipinski definition) is 3. The molecule has 20 heavy (non-hydrogen) atoms. The molecule has 0 N–H and O–H groups in total. The van der Waals surface area contributed by atoms with Crippen LogP contribution in [-0.2, 0) is 0 Å². The number of aromatic nitrogens is 1. The van der Waals surface area contributed by atoms with Gasteiger partial charge in [0.15, 0.2) is 0 Å². The summed E-state index contributed by atoms with van der Waals surface area (Å²) in [7, 11) is 0. The second-order valence-electron chi connectivity index (χ2n) is 5.54. The second-order valence-corrected chi connectivity index (χ2v) is 5.54. The van der Waals surface area contributed by atoms with E-state index in [0.717, 1.165) is 37.5 Å². The first-order chi connectivity index (χ1) is 9.86. The molecule has 0 unspecified atom stereocenters. The molecule has 2 aromatic rings. The first-order valence-corrected chi connectivity index (χ1v) is 7.70. The van der Waals surface area contributed by atoms with E-state index in [4.69, 9.17) is 4.98 Å². The summed E-state index contributed by atoms with van der Waals surface area (Å²) in [6.07, 6.45) is 2.60. The minimum Gasteiger partial charge on any atom is -0.354 e. The van der Waals surface area contributed by atoms with Gasteiger partial charge < -0.3 is 4.90 Å². The van der Waals surface area contributed by atoms with Crippen LogP contribution in [0.25, 0.3) is 10.9 Å². The lowest BCUT2D eigenvalue weighted by Crippen LogP contribution is -2.46. The number of para-hydroxylation sites is 1. The molecule has 1 aliphatic heterocycles. The van der Waals surface area contributed by atoms with Crippen molar-refractivity contribution in [3.63, 3.8) is 0 Å². The summed E-state index contributed by atoms with van der Waals surface area (Å²) >= 11 is 0. The van der Waals surface area contributed by atoms with Gasteiger partial charge in [0, 0.05) is 31.6 Å². The maximum absolute atomic E-state index is 4.79. The third-order valence-electron chi connectivity index (χ3n) is 4.11. The van der Waals surface area contributed by atoms with Gasteiger partial charge in [0.25, 0.3) is 0 Å². The number of hydrogen-bond donors (Lipinski definition) is 0. The molecule has 3 heteroatoms. The number of unbranched alkanes of at least 4 members (excludes halogenated alkanes) is 1. The molecule has 1 aliphatic rings. The molecular weight excluding hydrogens is 246 g/mol. The fourth-order valence-corrected chi connectivity index (χ4v) is 2.81. The number of fused-ring (bicyclic) bond motifs is 1. The summed E-state index contributed by atoms with van der Waals surface area (Å²) in [6.45, 7) is 8.01. The van der Waals surface area contributed by atoms with Crippen molar-refractivity contribution in [2.45, 2.75) is 19.8 Å². The second kappa shape index (κ2) is 6.23. The molecule has 0 atom stereocenters. The lowest BCUT2D eigenvalue weighted by Gasteiger charge is -2.35. The molecular formula is C17H23N3. The van der Waals surface area contributed by atoms with E-state index in [9.17, 15) is 0 Å². The van der Waals surface area contributed by atoms with Crippen LogP contribution in [0.4, 0.5) is 5.82 Å². The van der Waals surface area contributed by atoms with Gasteiger partial charge in [-0.3, -0.25) is 4.90 Å². The Bertz CT molecular complexity index is 559. The van der Waals surface area contributed by atoms with Crippen LogP contribution in [0, 0.1) is 0 Å². The highest BCUT2D eigenvalue weighted by atomic mass is 15.3. The maximum atomic E-state index is 4.79. The van der Waals surface area contributed by atoms with Crippen molar-refractivity contribution in [1.82, 2.24) is 9.88 Å². The summed E-state index contributed by atoms with van der Waals surface area (Å²) < 4.78 is 0. The first kappa shape index (κ1) is 13.4. The molecule has 0 amide bonds. The van der Waals surface area contributed by atoms with Crippen molar-refractivity contribution in [2.75, 3.05) is 37.6 Å². The molecule has 0 aliphatic carbocycles. The summed E-state index contributed by atoms with van der Waals surface area (Å²) in [6, 6.07) is 12.7. The van der Waals surface area contributed by atoms with Gasteiger partial charge in [-0.05, 0) is 31.2 Å². The Hall–Kier alpha value is -1.61. The van der Waals surface area contributed by atoms with Gasteiger partial charge in [0.2, 0.25) is 0 Å². The largest absolute Gasteiger partial charge is 0.354 e. The lowest BCUT2D eigenvalue weighted by molar-refractivity contribution is 0.254. The third-order valence-corrected chi connectivity index (χ3v) is 4.11.